The summed E-state index contributed by atoms with van der Waals surface area (Å²) in [4.78, 5) is 35.2. The standard InChI is InChI=1S/C30H38N4O2S2/c1-19-15-17-23-27(21(19)3)33(5)29(37-23)31-25(35)13-11-9-7-8-10-12-14-26(36)32-30-34(6)28-22(4)20(2)16-18-24(28)38-30/h15-18H,7-14H2,1-6H3. The Balaban J connectivity index is 1.18. The Kier molecular flexibility index (Phi) is 9.15. The van der Waals surface area contributed by atoms with Gasteiger partial charge in [-0.25, -0.2) is 0 Å². The van der Waals surface area contributed by atoms with Gasteiger partial charge in [-0.15, -0.1) is 0 Å². The summed E-state index contributed by atoms with van der Waals surface area (Å²) in [5.74, 6) is -0.0954. The van der Waals surface area contributed by atoms with Crippen LogP contribution in [0.25, 0.3) is 20.4 Å². The van der Waals surface area contributed by atoms with Crippen molar-refractivity contribution in [2.45, 2.75) is 79.1 Å². The molecule has 0 fully saturated rings. The lowest BCUT2D eigenvalue weighted by molar-refractivity contribution is -0.119. The first-order valence-corrected chi connectivity index (χ1v) is 15.1. The average molecular weight is 551 g/mol. The summed E-state index contributed by atoms with van der Waals surface area (Å²) in [6, 6.07) is 8.47. The minimum atomic E-state index is -0.0477. The molecular formula is C30H38N4O2S2. The van der Waals surface area contributed by atoms with Crippen molar-refractivity contribution in [3.05, 3.63) is 56.1 Å². The number of hydrogen-bond donors (Lipinski definition) is 0. The molecule has 0 spiro atoms. The first-order valence-electron chi connectivity index (χ1n) is 13.4. The highest BCUT2D eigenvalue weighted by atomic mass is 32.1. The number of hydrogen-bond acceptors (Lipinski definition) is 4. The molecule has 0 aliphatic heterocycles. The molecule has 0 unspecified atom stereocenters. The van der Waals surface area contributed by atoms with Crippen molar-refractivity contribution in [1.82, 2.24) is 9.13 Å². The van der Waals surface area contributed by atoms with Crippen LogP contribution in [0.5, 0.6) is 0 Å². The zero-order chi connectivity index (χ0) is 27.4. The third kappa shape index (κ3) is 6.24. The number of carbonyl (C=O) groups is 2. The fraction of sp³-hybridized carbons (Fsp3) is 0.467. The highest BCUT2D eigenvalue weighted by molar-refractivity contribution is 7.16. The average Bonchev–Trinajstić information content (AvgIpc) is 3.37. The van der Waals surface area contributed by atoms with E-state index in [1.807, 2.05) is 23.2 Å². The van der Waals surface area contributed by atoms with Gasteiger partial charge in [0.15, 0.2) is 9.60 Å². The van der Waals surface area contributed by atoms with E-state index in [2.05, 4.69) is 61.9 Å². The van der Waals surface area contributed by atoms with E-state index in [-0.39, 0.29) is 11.8 Å². The summed E-state index contributed by atoms with van der Waals surface area (Å²) >= 11 is 3.15. The first kappa shape index (κ1) is 28.2. The topological polar surface area (TPSA) is 68.7 Å². The number of benzene rings is 2. The summed E-state index contributed by atoms with van der Waals surface area (Å²) < 4.78 is 6.40. The summed E-state index contributed by atoms with van der Waals surface area (Å²) in [6.45, 7) is 8.45. The molecule has 0 bridgehead atoms. The monoisotopic (exact) mass is 550 g/mol. The van der Waals surface area contributed by atoms with Gasteiger partial charge in [0.1, 0.15) is 0 Å². The molecule has 6 nitrogen and oxygen atoms in total. The van der Waals surface area contributed by atoms with Gasteiger partial charge < -0.3 is 9.13 Å². The molecule has 0 radical (unpaired) electrons. The SMILES string of the molecule is Cc1ccc2sc(=NC(=O)CCCCCCCCC(=O)N=c3sc4ccc(C)c(C)c4n3C)n(C)c2c1C. The van der Waals surface area contributed by atoms with Crippen molar-refractivity contribution < 1.29 is 9.59 Å². The second-order valence-corrected chi connectivity index (χ2v) is 12.2. The van der Waals surface area contributed by atoms with E-state index in [0.29, 0.717) is 12.8 Å². The molecule has 2 heterocycles. The Morgan fingerprint density at radius 1 is 0.632 bits per heavy atom. The Labute approximate surface area is 232 Å². The number of fused-ring (bicyclic) bond motifs is 2. The van der Waals surface area contributed by atoms with Crippen LogP contribution in [0.4, 0.5) is 0 Å². The molecule has 202 valence electrons. The summed E-state index contributed by atoms with van der Waals surface area (Å²) in [5.41, 5.74) is 7.30. The smallest absolute Gasteiger partial charge is 0.248 e. The molecule has 0 aliphatic carbocycles. The molecule has 8 heteroatoms. The van der Waals surface area contributed by atoms with Crippen LogP contribution < -0.4 is 9.60 Å². The van der Waals surface area contributed by atoms with E-state index >= 15 is 0 Å². The van der Waals surface area contributed by atoms with E-state index in [9.17, 15) is 9.59 Å². The second-order valence-electron chi connectivity index (χ2n) is 10.2. The van der Waals surface area contributed by atoms with Crippen molar-refractivity contribution in [2.24, 2.45) is 24.1 Å². The lowest BCUT2D eigenvalue weighted by Crippen LogP contribution is -2.13. The number of rotatable bonds is 9. The molecule has 0 N–H and O–H groups in total. The summed E-state index contributed by atoms with van der Waals surface area (Å²) in [5, 5.41) is 0. The van der Waals surface area contributed by atoms with E-state index < -0.39 is 0 Å². The van der Waals surface area contributed by atoms with Crippen LogP contribution in [0.15, 0.2) is 34.3 Å². The van der Waals surface area contributed by atoms with Gasteiger partial charge in [-0.2, -0.15) is 9.98 Å². The van der Waals surface area contributed by atoms with Crippen molar-refractivity contribution in [3.8, 4) is 0 Å². The highest BCUT2D eigenvalue weighted by Crippen LogP contribution is 2.24. The Morgan fingerprint density at radius 3 is 1.39 bits per heavy atom. The minimum Gasteiger partial charge on any atom is -0.319 e. The van der Waals surface area contributed by atoms with E-state index in [4.69, 9.17) is 0 Å². The number of nitrogens with zero attached hydrogens (tertiary/aromatic N) is 4. The number of aromatic nitrogens is 2. The van der Waals surface area contributed by atoms with Crippen molar-refractivity contribution in [2.75, 3.05) is 0 Å². The molecule has 2 aromatic heterocycles. The number of thiazole rings is 2. The normalized spacial score (nSPS) is 12.8. The molecule has 4 aromatic rings. The van der Waals surface area contributed by atoms with Gasteiger partial charge in [0, 0.05) is 26.9 Å². The predicted octanol–water partition coefficient (Wildman–Crippen LogP) is 6.70. The van der Waals surface area contributed by atoms with Gasteiger partial charge in [0.05, 0.1) is 20.4 Å². The first-order chi connectivity index (χ1) is 18.2. The van der Waals surface area contributed by atoms with Gasteiger partial charge in [0.2, 0.25) is 11.8 Å². The number of unbranched alkanes of at least 4 members (excludes halogenated alkanes) is 5. The van der Waals surface area contributed by atoms with Crippen LogP contribution in [-0.4, -0.2) is 20.9 Å². The lowest BCUT2D eigenvalue weighted by atomic mass is 10.1. The third-order valence-corrected chi connectivity index (χ3v) is 9.64. The zero-order valence-corrected chi connectivity index (χ0v) is 25.0. The summed E-state index contributed by atoms with van der Waals surface area (Å²) in [6.07, 6.45) is 6.81. The lowest BCUT2D eigenvalue weighted by Gasteiger charge is -2.03. The molecule has 38 heavy (non-hydrogen) atoms. The third-order valence-electron chi connectivity index (χ3n) is 7.45. The molecule has 0 atom stereocenters. The fourth-order valence-electron chi connectivity index (χ4n) is 4.86. The zero-order valence-electron chi connectivity index (χ0n) is 23.4. The van der Waals surface area contributed by atoms with Crippen LogP contribution in [0.2, 0.25) is 0 Å². The quantitative estimate of drug-likeness (QED) is 0.218. The van der Waals surface area contributed by atoms with E-state index in [1.165, 1.54) is 22.3 Å². The largest absolute Gasteiger partial charge is 0.319 e. The minimum absolute atomic E-state index is 0.0477. The van der Waals surface area contributed by atoms with Crippen LogP contribution >= 0.6 is 22.7 Å². The van der Waals surface area contributed by atoms with Crippen LogP contribution in [0, 0.1) is 27.7 Å². The van der Waals surface area contributed by atoms with Crippen molar-refractivity contribution >= 4 is 54.9 Å². The van der Waals surface area contributed by atoms with E-state index in [0.717, 1.165) is 68.6 Å². The number of amides is 2. The maximum atomic E-state index is 12.4. The summed E-state index contributed by atoms with van der Waals surface area (Å²) in [7, 11) is 3.97. The number of aryl methyl sites for hydroxylation is 6. The second kappa shape index (κ2) is 12.3. The predicted molar refractivity (Wildman–Crippen MR) is 159 cm³/mol. The highest BCUT2D eigenvalue weighted by Gasteiger charge is 2.10. The van der Waals surface area contributed by atoms with Gasteiger partial charge >= 0.3 is 0 Å². The van der Waals surface area contributed by atoms with Crippen molar-refractivity contribution in [1.29, 1.82) is 0 Å². The van der Waals surface area contributed by atoms with Crippen LogP contribution in [-0.2, 0) is 23.7 Å². The number of carbonyl (C=O) groups excluding carboxylic acids is 2. The maximum absolute atomic E-state index is 12.4. The van der Waals surface area contributed by atoms with Crippen LogP contribution in [0.1, 0.15) is 73.6 Å². The molecule has 2 amide bonds. The molecule has 4 rings (SSSR count). The Hall–Kier alpha value is -2.84. The Morgan fingerprint density at radius 2 is 1.00 bits per heavy atom. The molecule has 0 aliphatic rings. The maximum Gasteiger partial charge on any atom is 0.248 e. The fourth-order valence-corrected chi connectivity index (χ4v) is 7.05. The molecule has 0 saturated heterocycles. The van der Waals surface area contributed by atoms with Crippen LogP contribution in [0.3, 0.4) is 0 Å². The molecule has 2 aromatic carbocycles. The van der Waals surface area contributed by atoms with Gasteiger partial charge in [-0.1, -0.05) is 60.5 Å². The van der Waals surface area contributed by atoms with Gasteiger partial charge in [-0.05, 0) is 74.9 Å². The van der Waals surface area contributed by atoms with Gasteiger partial charge in [-0.3, -0.25) is 9.59 Å². The molecule has 0 saturated carbocycles. The van der Waals surface area contributed by atoms with E-state index in [1.54, 1.807) is 22.7 Å². The molecular weight excluding hydrogens is 512 g/mol. The van der Waals surface area contributed by atoms with Gasteiger partial charge in [0.25, 0.3) is 0 Å². The Bertz CT molecular complexity index is 1510. The van der Waals surface area contributed by atoms with Crippen molar-refractivity contribution in [3.63, 3.8) is 0 Å².